The minimum Gasteiger partial charge on any atom is -0.653 e. The summed E-state index contributed by atoms with van der Waals surface area (Å²) in [6.07, 6.45) is 1.05. The zero-order chi connectivity index (χ0) is 17.5. The first-order valence-electron chi connectivity index (χ1n) is 8.86. The predicted molar refractivity (Wildman–Crippen MR) is 112 cm³/mol. The van der Waals surface area contributed by atoms with Gasteiger partial charge in [-0.2, -0.15) is 0 Å². The molecule has 0 radical (unpaired) electrons. The summed E-state index contributed by atoms with van der Waals surface area (Å²) in [4.78, 5) is 0. The molecule has 0 fully saturated rings. The van der Waals surface area contributed by atoms with Crippen molar-refractivity contribution in [3.05, 3.63) is 102 Å². The van der Waals surface area contributed by atoms with E-state index in [0.717, 1.165) is 6.16 Å². The normalized spacial score (nSPS) is 12.0. The van der Waals surface area contributed by atoms with E-state index in [1.54, 1.807) is 0 Å². The molecule has 0 bridgehead atoms. The average Bonchev–Trinajstić information content (AvgIpc) is 2.67. The molecule has 1 atom stereocenters. The Balaban J connectivity index is 0.00000243. The number of nitrogens with zero attached hydrogens (tertiary/aromatic N) is 1. The largest absolute Gasteiger partial charge is 1.00 e. The monoisotopic (exact) mass is 353 g/mol. The fourth-order valence-corrected chi connectivity index (χ4v) is 5.46. The predicted octanol–water partition coefficient (Wildman–Crippen LogP) is 2.65. The molecule has 0 unspecified atom stereocenters. The van der Waals surface area contributed by atoms with Crippen molar-refractivity contribution in [3.63, 3.8) is 0 Å². The van der Waals surface area contributed by atoms with Crippen LogP contribution in [0.3, 0.4) is 0 Å². The summed E-state index contributed by atoms with van der Waals surface area (Å²) >= 11 is 0. The van der Waals surface area contributed by atoms with Gasteiger partial charge in [0.2, 0.25) is 0 Å². The average molecular weight is 353 g/mol. The Morgan fingerprint density at radius 3 is 1.54 bits per heavy atom. The zero-order valence-electron chi connectivity index (χ0n) is 15.9. The summed E-state index contributed by atoms with van der Waals surface area (Å²) in [7, 11) is -0.438. The Morgan fingerprint density at radius 2 is 1.12 bits per heavy atom. The van der Waals surface area contributed by atoms with Crippen molar-refractivity contribution in [1.82, 2.24) is 0 Å². The molecule has 1 nitrogen and oxygen atoms in total. The van der Waals surface area contributed by atoms with E-state index in [9.17, 15) is 0 Å². The van der Waals surface area contributed by atoms with Crippen LogP contribution in [-0.4, -0.2) is 12.2 Å². The van der Waals surface area contributed by atoms with Crippen molar-refractivity contribution in [2.45, 2.75) is 25.9 Å². The molecule has 0 saturated carbocycles. The van der Waals surface area contributed by atoms with Crippen LogP contribution < -0.4 is 29.5 Å². The second kappa shape index (κ2) is 10.7. The molecular formula is C23H25LiNP. The molecular weight excluding hydrogens is 328 g/mol. The van der Waals surface area contributed by atoms with Gasteiger partial charge in [0, 0.05) is 0 Å². The molecule has 0 N–H and O–H groups in total. The molecule has 0 spiro atoms. The molecule has 0 heterocycles. The van der Waals surface area contributed by atoms with Crippen molar-refractivity contribution in [2.75, 3.05) is 6.16 Å². The van der Waals surface area contributed by atoms with Crippen LogP contribution in [0.2, 0.25) is 0 Å². The van der Waals surface area contributed by atoms with Crippen molar-refractivity contribution < 1.29 is 18.9 Å². The second-order valence-corrected chi connectivity index (χ2v) is 8.71. The molecule has 26 heavy (non-hydrogen) atoms. The third kappa shape index (κ3) is 5.84. The maximum absolute atomic E-state index is 5.05. The van der Waals surface area contributed by atoms with Crippen LogP contribution in [0.25, 0.3) is 5.32 Å². The van der Waals surface area contributed by atoms with E-state index in [2.05, 4.69) is 105 Å². The molecule has 128 valence electrons. The van der Waals surface area contributed by atoms with Gasteiger partial charge in [-0.3, -0.25) is 0 Å². The maximum atomic E-state index is 5.05. The molecule has 0 aliphatic heterocycles. The van der Waals surface area contributed by atoms with Crippen LogP contribution in [0, 0.1) is 0 Å². The zero-order valence-corrected chi connectivity index (χ0v) is 16.8. The summed E-state index contributed by atoms with van der Waals surface area (Å²) < 4.78 is 0. The van der Waals surface area contributed by atoms with Crippen molar-refractivity contribution in [2.24, 2.45) is 0 Å². The van der Waals surface area contributed by atoms with Crippen molar-refractivity contribution in [3.8, 4) is 0 Å². The van der Waals surface area contributed by atoms with Gasteiger partial charge in [0.25, 0.3) is 0 Å². The van der Waals surface area contributed by atoms with Crippen LogP contribution in [0.4, 0.5) is 0 Å². The minimum atomic E-state index is -0.438. The Hall–Kier alpha value is -1.35. The molecule has 3 aromatic rings. The van der Waals surface area contributed by atoms with Crippen LogP contribution in [-0.2, 0) is 0 Å². The van der Waals surface area contributed by atoms with Crippen LogP contribution >= 0.6 is 7.92 Å². The van der Waals surface area contributed by atoms with Crippen molar-refractivity contribution >= 4 is 18.5 Å². The van der Waals surface area contributed by atoms with E-state index in [-0.39, 0.29) is 24.9 Å². The Kier molecular flexibility index (Phi) is 8.63. The Bertz CT molecular complexity index is 707. The van der Waals surface area contributed by atoms with E-state index in [0.29, 0.717) is 6.04 Å². The van der Waals surface area contributed by atoms with E-state index in [4.69, 9.17) is 5.32 Å². The Labute approximate surface area is 171 Å². The molecule has 0 amide bonds. The number of hydrogen-bond acceptors (Lipinski definition) is 0. The van der Waals surface area contributed by atoms with E-state index in [1.165, 1.54) is 16.2 Å². The molecule has 0 aliphatic rings. The summed E-state index contributed by atoms with van der Waals surface area (Å²) in [5.74, 6) is 0. The number of hydrogen-bond donors (Lipinski definition) is 0. The third-order valence-electron chi connectivity index (χ3n) is 4.15. The Morgan fingerprint density at radius 1 is 0.692 bits per heavy atom. The molecule has 3 aromatic carbocycles. The second-order valence-electron chi connectivity index (χ2n) is 6.45. The summed E-state index contributed by atoms with van der Waals surface area (Å²) in [5, 5.41) is 7.89. The fourth-order valence-electron chi connectivity index (χ4n) is 3.02. The maximum Gasteiger partial charge on any atom is 1.00 e. The topological polar surface area (TPSA) is 14.1 Å². The van der Waals surface area contributed by atoms with Gasteiger partial charge < -0.3 is 5.32 Å². The summed E-state index contributed by atoms with van der Waals surface area (Å²) in [6, 6.07) is 33.1. The first-order chi connectivity index (χ1) is 12.2. The third-order valence-corrected chi connectivity index (χ3v) is 6.71. The quantitative estimate of drug-likeness (QED) is 0.458. The summed E-state index contributed by atoms with van der Waals surface area (Å²) in [6.45, 7) is 4.34. The van der Waals surface area contributed by atoms with Crippen LogP contribution in [0.1, 0.15) is 25.5 Å². The van der Waals surface area contributed by atoms with Gasteiger partial charge in [-0.15, -0.1) is 12.1 Å². The SMILES string of the molecule is CC(C)[N-][C@H](CP(c1ccccc1)c1ccccc1)c1ccccc1.[Li+]. The first kappa shape index (κ1) is 21.0. The van der Waals surface area contributed by atoms with Crippen molar-refractivity contribution in [1.29, 1.82) is 0 Å². The van der Waals surface area contributed by atoms with Gasteiger partial charge in [-0.1, -0.05) is 110 Å². The first-order valence-corrected chi connectivity index (χ1v) is 10.4. The van der Waals surface area contributed by atoms with Gasteiger partial charge in [-0.05, 0) is 24.7 Å². The number of benzene rings is 3. The van der Waals surface area contributed by atoms with Gasteiger partial charge in [0.15, 0.2) is 0 Å². The van der Waals surface area contributed by atoms with Gasteiger partial charge in [0.05, 0.1) is 0 Å². The van der Waals surface area contributed by atoms with Crippen LogP contribution in [0.15, 0.2) is 91.0 Å². The smallest absolute Gasteiger partial charge is 0.653 e. The minimum absolute atomic E-state index is 0. The summed E-state index contributed by atoms with van der Waals surface area (Å²) in [5.41, 5.74) is 1.32. The van der Waals surface area contributed by atoms with Gasteiger partial charge >= 0.3 is 18.9 Å². The molecule has 3 heteroatoms. The van der Waals surface area contributed by atoms with Gasteiger partial charge in [0.1, 0.15) is 0 Å². The van der Waals surface area contributed by atoms with E-state index >= 15 is 0 Å². The van der Waals surface area contributed by atoms with Gasteiger partial charge in [-0.25, -0.2) is 0 Å². The number of rotatable bonds is 7. The fraction of sp³-hybridized carbons (Fsp3) is 0.217. The van der Waals surface area contributed by atoms with E-state index < -0.39 is 7.92 Å². The molecule has 0 aromatic heterocycles. The van der Waals surface area contributed by atoms with E-state index in [1.807, 2.05) is 0 Å². The standard InChI is InChI=1S/C23H25NP.Li/c1-19(2)24-23(20-12-6-3-7-13-20)18-25(21-14-8-4-9-15-21)22-16-10-5-11-17-22;/h3-17,19,23H,18H2,1-2H3;/q-1;+1/t23-;/m1./s1. The molecule has 0 saturated heterocycles. The molecule has 3 rings (SSSR count). The van der Waals surface area contributed by atoms with Crippen LogP contribution in [0.5, 0.6) is 0 Å². The molecule has 0 aliphatic carbocycles.